The van der Waals surface area contributed by atoms with Crippen molar-refractivity contribution in [3.8, 4) is 5.75 Å². The van der Waals surface area contributed by atoms with E-state index in [0.717, 1.165) is 23.6 Å². The number of hydrogen-bond donors (Lipinski definition) is 0. The third-order valence-corrected chi connectivity index (χ3v) is 5.62. The van der Waals surface area contributed by atoms with E-state index >= 15 is 0 Å². The van der Waals surface area contributed by atoms with Crippen molar-refractivity contribution in [3.63, 3.8) is 0 Å². The van der Waals surface area contributed by atoms with Crippen molar-refractivity contribution in [2.75, 3.05) is 6.61 Å². The minimum atomic E-state index is -0.106. The molecular weight excluding hydrogens is 360 g/mol. The van der Waals surface area contributed by atoms with Crippen molar-refractivity contribution in [3.05, 3.63) is 76.9 Å². The Morgan fingerprint density at radius 1 is 0.655 bits per heavy atom. The highest BCUT2D eigenvalue weighted by Crippen LogP contribution is 2.32. The predicted molar refractivity (Wildman–Crippen MR) is 116 cm³/mol. The van der Waals surface area contributed by atoms with Gasteiger partial charge in [0.25, 0.3) is 0 Å². The highest BCUT2D eigenvalue weighted by molar-refractivity contribution is 6.29. The molecule has 0 saturated heterocycles. The summed E-state index contributed by atoms with van der Waals surface area (Å²) in [7, 11) is 0. The Morgan fingerprint density at radius 2 is 1.24 bits per heavy atom. The van der Waals surface area contributed by atoms with Crippen LogP contribution >= 0.6 is 0 Å². The molecule has 0 bridgehead atoms. The molecule has 4 rings (SSSR count). The molecule has 3 heteroatoms. The van der Waals surface area contributed by atoms with Gasteiger partial charge in [-0.05, 0) is 47.5 Å². The van der Waals surface area contributed by atoms with Gasteiger partial charge >= 0.3 is 0 Å². The van der Waals surface area contributed by atoms with E-state index in [1.54, 1.807) is 18.2 Å². The molecule has 29 heavy (non-hydrogen) atoms. The number of benzene rings is 3. The van der Waals surface area contributed by atoms with Crippen LogP contribution in [0.15, 0.2) is 54.6 Å². The standard InChI is InChI=1S/C26H26O3/c1-2-3-4-5-6-9-14-29-20-12-13-21-24(17-20)26(28)23-16-19-11-8-7-10-18(19)15-22(23)25(21)27/h7-8,10-13,15-17H,2-6,9,14H2,1H3. The van der Waals surface area contributed by atoms with Gasteiger partial charge in [-0.3, -0.25) is 9.59 Å². The molecule has 0 saturated carbocycles. The van der Waals surface area contributed by atoms with E-state index in [-0.39, 0.29) is 11.6 Å². The van der Waals surface area contributed by atoms with Crippen molar-refractivity contribution < 1.29 is 14.3 Å². The number of fused-ring (bicyclic) bond motifs is 3. The van der Waals surface area contributed by atoms with E-state index in [9.17, 15) is 9.59 Å². The van der Waals surface area contributed by atoms with E-state index in [2.05, 4.69) is 6.92 Å². The number of carbonyl (C=O) groups excluding carboxylic acids is 2. The molecule has 0 aromatic heterocycles. The first-order valence-electron chi connectivity index (χ1n) is 10.6. The zero-order chi connectivity index (χ0) is 20.2. The molecule has 1 aliphatic carbocycles. The molecule has 0 spiro atoms. The molecule has 3 aromatic carbocycles. The average Bonchev–Trinajstić information content (AvgIpc) is 2.76. The van der Waals surface area contributed by atoms with Crippen LogP contribution in [0.1, 0.15) is 77.3 Å². The number of unbranched alkanes of at least 4 members (excludes halogenated alkanes) is 5. The maximum absolute atomic E-state index is 13.1. The van der Waals surface area contributed by atoms with Gasteiger partial charge in [-0.2, -0.15) is 0 Å². The summed E-state index contributed by atoms with van der Waals surface area (Å²) in [5, 5.41) is 1.93. The number of ether oxygens (including phenoxy) is 1. The SMILES string of the molecule is CCCCCCCCOc1ccc2c(c1)C(=O)c1cc3ccccc3cc1C2=O. The monoisotopic (exact) mass is 386 g/mol. The fraction of sp³-hybridized carbons (Fsp3) is 0.308. The molecule has 0 unspecified atom stereocenters. The number of carbonyl (C=O) groups is 2. The smallest absolute Gasteiger partial charge is 0.194 e. The molecule has 0 heterocycles. The minimum Gasteiger partial charge on any atom is -0.494 e. The van der Waals surface area contributed by atoms with Gasteiger partial charge in [0, 0.05) is 22.3 Å². The van der Waals surface area contributed by atoms with E-state index in [1.807, 2.05) is 36.4 Å². The van der Waals surface area contributed by atoms with Crippen molar-refractivity contribution in [1.29, 1.82) is 0 Å². The second-order valence-corrected chi connectivity index (χ2v) is 7.73. The number of hydrogen-bond acceptors (Lipinski definition) is 3. The van der Waals surface area contributed by atoms with Crippen LogP contribution in [0.5, 0.6) is 5.75 Å². The molecule has 3 nitrogen and oxygen atoms in total. The summed E-state index contributed by atoms with van der Waals surface area (Å²) >= 11 is 0. The van der Waals surface area contributed by atoms with Gasteiger partial charge in [0.05, 0.1) is 6.61 Å². The van der Waals surface area contributed by atoms with E-state index in [1.165, 1.54) is 25.7 Å². The molecule has 1 aliphatic rings. The molecule has 0 fully saturated rings. The van der Waals surface area contributed by atoms with Gasteiger partial charge in [-0.25, -0.2) is 0 Å². The molecule has 0 N–H and O–H groups in total. The summed E-state index contributed by atoms with van der Waals surface area (Å²) < 4.78 is 5.86. The van der Waals surface area contributed by atoms with Crippen LogP contribution < -0.4 is 4.74 Å². The molecule has 0 atom stereocenters. The topological polar surface area (TPSA) is 43.4 Å². The second-order valence-electron chi connectivity index (χ2n) is 7.73. The first-order chi connectivity index (χ1) is 14.2. The van der Waals surface area contributed by atoms with Gasteiger partial charge in [-0.1, -0.05) is 63.3 Å². The fourth-order valence-electron chi connectivity index (χ4n) is 3.98. The summed E-state index contributed by atoms with van der Waals surface area (Å²) in [6, 6.07) is 16.7. The lowest BCUT2D eigenvalue weighted by Gasteiger charge is -2.19. The van der Waals surface area contributed by atoms with Crippen LogP contribution in [0, 0.1) is 0 Å². The Hall–Kier alpha value is -2.94. The van der Waals surface area contributed by atoms with Crippen LogP contribution in [0.4, 0.5) is 0 Å². The van der Waals surface area contributed by atoms with Gasteiger partial charge < -0.3 is 4.74 Å². The van der Waals surface area contributed by atoms with Gasteiger partial charge in [-0.15, -0.1) is 0 Å². The lowest BCUT2D eigenvalue weighted by atomic mass is 9.82. The minimum absolute atomic E-state index is 0.0946. The van der Waals surface area contributed by atoms with Crippen LogP contribution in [0.3, 0.4) is 0 Å². The quantitative estimate of drug-likeness (QED) is 0.331. The highest BCUT2D eigenvalue weighted by atomic mass is 16.5. The van der Waals surface area contributed by atoms with E-state index in [0.29, 0.717) is 34.6 Å². The number of ketones is 2. The first kappa shape index (κ1) is 19.4. The average molecular weight is 386 g/mol. The predicted octanol–water partition coefficient (Wildman–Crippen LogP) is 6.35. The Morgan fingerprint density at radius 3 is 1.93 bits per heavy atom. The Kier molecular flexibility index (Phi) is 5.75. The lowest BCUT2D eigenvalue weighted by Crippen LogP contribution is -2.21. The first-order valence-corrected chi connectivity index (χ1v) is 10.6. The summed E-state index contributed by atoms with van der Waals surface area (Å²) in [6.07, 6.45) is 7.21. The van der Waals surface area contributed by atoms with Crippen molar-refractivity contribution in [2.45, 2.75) is 45.4 Å². The fourth-order valence-corrected chi connectivity index (χ4v) is 3.98. The van der Waals surface area contributed by atoms with Crippen molar-refractivity contribution in [2.24, 2.45) is 0 Å². The van der Waals surface area contributed by atoms with Crippen LogP contribution in [-0.2, 0) is 0 Å². The van der Waals surface area contributed by atoms with Crippen LogP contribution in [0.2, 0.25) is 0 Å². The Labute approximate surface area is 171 Å². The molecule has 0 amide bonds. The van der Waals surface area contributed by atoms with Crippen molar-refractivity contribution >= 4 is 22.3 Å². The molecule has 0 radical (unpaired) electrons. The van der Waals surface area contributed by atoms with Gasteiger partial charge in [0.2, 0.25) is 0 Å². The summed E-state index contributed by atoms with van der Waals surface area (Å²) in [4.78, 5) is 26.1. The highest BCUT2D eigenvalue weighted by Gasteiger charge is 2.30. The van der Waals surface area contributed by atoms with E-state index < -0.39 is 0 Å². The summed E-state index contributed by atoms with van der Waals surface area (Å²) in [6.45, 7) is 2.85. The summed E-state index contributed by atoms with van der Waals surface area (Å²) in [5.41, 5.74) is 1.87. The number of rotatable bonds is 8. The van der Waals surface area contributed by atoms with E-state index in [4.69, 9.17) is 4.74 Å². The molecule has 148 valence electrons. The van der Waals surface area contributed by atoms with Crippen molar-refractivity contribution in [1.82, 2.24) is 0 Å². The summed E-state index contributed by atoms with van der Waals surface area (Å²) in [5.74, 6) is 0.455. The van der Waals surface area contributed by atoms with Gasteiger partial charge in [0.15, 0.2) is 11.6 Å². The third-order valence-electron chi connectivity index (χ3n) is 5.62. The Bertz CT molecular complexity index is 1060. The third kappa shape index (κ3) is 3.95. The van der Waals surface area contributed by atoms with Gasteiger partial charge in [0.1, 0.15) is 5.75 Å². The molecule has 0 aliphatic heterocycles. The lowest BCUT2D eigenvalue weighted by molar-refractivity contribution is 0.0979. The maximum atomic E-state index is 13.1. The molecular formula is C26H26O3. The second kappa shape index (κ2) is 8.60. The Balaban J connectivity index is 1.51. The largest absolute Gasteiger partial charge is 0.494 e. The van der Waals surface area contributed by atoms with Crippen LogP contribution in [0.25, 0.3) is 10.8 Å². The van der Waals surface area contributed by atoms with Crippen LogP contribution in [-0.4, -0.2) is 18.2 Å². The zero-order valence-electron chi connectivity index (χ0n) is 16.9. The molecule has 3 aromatic rings. The normalized spacial score (nSPS) is 12.7. The zero-order valence-corrected chi connectivity index (χ0v) is 16.9. The maximum Gasteiger partial charge on any atom is 0.194 e.